The number of nitrogens with zero attached hydrogens (tertiary/aromatic N) is 6. The molecule has 2 aliphatic heterocycles. The van der Waals surface area contributed by atoms with E-state index in [0.29, 0.717) is 18.8 Å². The fourth-order valence-electron chi connectivity index (χ4n) is 3.42. The van der Waals surface area contributed by atoms with Gasteiger partial charge < -0.3 is 14.7 Å². The minimum absolute atomic E-state index is 0.0106. The third-order valence-electron chi connectivity index (χ3n) is 4.84. The van der Waals surface area contributed by atoms with Gasteiger partial charge in [-0.25, -0.2) is 15.0 Å². The first-order valence-corrected chi connectivity index (χ1v) is 8.83. The molecule has 2 fully saturated rings. The Bertz CT molecular complexity index is 723. The van der Waals surface area contributed by atoms with Crippen molar-refractivity contribution >= 4 is 17.5 Å². The SMILES string of the molecule is O=C(c1cc(N2CCCC2)ncn1)N1CCN(c2ccccn2)CC1. The number of hydrogen-bond donors (Lipinski definition) is 0. The average molecular weight is 338 g/mol. The highest BCUT2D eigenvalue weighted by atomic mass is 16.2. The highest BCUT2D eigenvalue weighted by molar-refractivity contribution is 5.93. The predicted molar refractivity (Wildman–Crippen MR) is 95.8 cm³/mol. The highest BCUT2D eigenvalue weighted by Crippen LogP contribution is 2.19. The molecule has 7 nitrogen and oxygen atoms in total. The molecule has 0 radical (unpaired) electrons. The molecule has 2 aromatic heterocycles. The number of anilines is 2. The van der Waals surface area contributed by atoms with E-state index in [0.717, 1.165) is 37.8 Å². The van der Waals surface area contributed by atoms with Gasteiger partial charge in [-0.1, -0.05) is 6.07 Å². The first-order chi connectivity index (χ1) is 12.3. The molecule has 0 aliphatic carbocycles. The van der Waals surface area contributed by atoms with Gasteiger partial charge in [0.05, 0.1) is 0 Å². The van der Waals surface area contributed by atoms with Gasteiger partial charge >= 0.3 is 0 Å². The lowest BCUT2D eigenvalue weighted by Crippen LogP contribution is -2.49. The van der Waals surface area contributed by atoms with Crippen molar-refractivity contribution in [2.75, 3.05) is 49.1 Å². The van der Waals surface area contributed by atoms with E-state index >= 15 is 0 Å². The second kappa shape index (κ2) is 7.04. The Morgan fingerprint density at radius 3 is 2.32 bits per heavy atom. The van der Waals surface area contributed by atoms with Gasteiger partial charge in [-0.15, -0.1) is 0 Å². The number of piperazine rings is 1. The Hall–Kier alpha value is -2.70. The largest absolute Gasteiger partial charge is 0.357 e. The zero-order valence-electron chi connectivity index (χ0n) is 14.2. The zero-order chi connectivity index (χ0) is 17.1. The van der Waals surface area contributed by atoms with Crippen LogP contribution in [0.2, 0.25) is 0 Å². The third kappa shape index (κ3) is 3.40. The number of amides is 1. The molecular weight excluding hydrogens is 316 g/mol. The fraction of sp³-hybridized carbons (Fsp3) is 0.444. The van der Waals surface area contributed by atoms with Gasteiger partial charge in [0.1, 0.15) is 23.7 Å². The number of aromatic nitrogens is 3. The molecule has 0 aromatic carbocycles. The maximum Gasteiger partial charge on any atom is 0.272 e. The molecule has 7 heteroatoms. The summed E-state index contributed by atoms with van der Waals surface area (Å²) >= 11 is 0. The molecular formula is C18H22N6O. The lowest BCUT2D eigenvalue weighted by molar-refractivity contribution is 0.0740. The molecule has 2 aliphatic rings. The normalized spacial score (nSPS) is 17.8. The Labute approximate surface area is 147 Å². The van der Waals surface area contributed by atoms with Gasteiger partial charge in [0.2, 0.25) is 0 Å². The fourth-order valence-corrected chi connectivity index (χ4v) is 3.42. The standard InChI is InChI=1S/C18H22N6O/c25-18(15-13-17(21-14-20-15)22-7-3-4-8-22)24-11-9-23(10-12-24)16-5-1-2-6-19-16/h1-2,5-6,13-14H,3-4,7-12H2. The van der Waals surface area contributed by atoms with Crippen LogP contribution in [0.1, 0.15) is 23.3 Å². The summed E-state index contributed by atoms with van der Waals surface area (Å²) in [7, 11) is 0. The second-order valence-electron chi connectivity index (χ2n) is 6.42. The number of carbonyl (C=O) groups is 1. The maximum atomic E-state index is 12.8. The summed E-state index contributed by atoms with van der Waals surface area (Å²) in [6.07, 6.45) is 5.67. The van der Waals surface area contributed by atoms with Crippen molar-refractivity contribution in [3.63, 3.8) is 0 Å². The van der Waals surface area contributed by atoms with Crippen molar-refractivity contribution in [2.24, 2.45) is 0 Å². The van der Waals surface area contributed by atoms with Gasteiger partial charge in [-0.05, 0) is 25.0 Å². The van der Waals surface area contributed by atoms with Crippen LogP contribution in [0, 0.1) is 0 Å². The van der Waals surface area contributed by atoms with Crippen LogP contribution in [0.15, 0.2) is 36.8 Å². The molecule has 1 amide bonds. The molecule has 0 bridgehead atoms. The van der Waals surface area contributed by atoms with Crippen LogP contribution in [-0.2, 0) is 0 Å². The molecule has 4 rings (SSSR count). The monoisotopic (exact) mass is 338 g/mol. The van der Waals surface area contributed by atoms with Crippen molar-refractivity contribution in [3.8, 4) is 0 Å². The quantitative estimate of drug-likeness (QED) is 0.844. The minimum atomic E-state index is -0.0106. The van der Waals surface area contributed by atoms with E-state index in [1.54, 1.807) is 6.20 Å². The van der Waals surface area contributed by atoms with E-state index in [1.165, 1.54) is 19.2 Å². The molecule has 0 saturated carbocycles. The highest BCUT2D eigenvalue weighted by Gasteiger charge is 2.24. The number of carbonyl (C=O) groups excluding carboxylic acids is 1. The summed E-state index contributed by atoms with van der Waals surface area (Å²) in [6, 6.07) is 7.74. The van der Waals surface area contributed by atoms with E-state index in [9.17, 15) is 4.79 Å². The third-order valence-corrected chi connectivity index (χ3v) is 4.84. The predicted octanol–water partition coefficient (Wildman–Crippen LogP) is 1.43. The summed E-state index contributed by atoms with van der Waals surface area (Å²) in [6.45, 7) is 4.94. The van der Waals surface area contributed by atoms with Crippen LogP contribution in [0.5, 0.6) is 0 Å². The number of pyridine rings is 1. The van der Waals surface area contributed by atoms with Crippen molar-refractivity contribution in [1.82, 2.24) is 19.9 Å². The first kappa shape index (κ1) is 15.8. The molecule has 0 unspecified atom stereocenters. The van der Waals surface area contributed by atoms with Crippen molar-refractivity contribution in [3.05, 3.63) is 42.5 Å². The van der Waals surface area contributed by atoms with Crippen molar-refractivity contribution < 1.29 is 4.79 Å². The molecule has 0 N–H and O–H groups in total. The molecule has 0 atom stereocenters. The lowest BCUT2D eigenvalue weighted by atomic mass is 10.2. The average Bonchev–Trinajstić information content (AvgIpc) is 3.23. The van der Waals surface area contributed by atoms with Gasteiger partial charge in [0.25, 0.3) is 5.91 Å². The Balaban J connectivity index is 1.41. The number of hydrogen-bond acceptors (Lipinski definition) is 6. The summed E-state index contributed by atoms with van der Waals surface area (Å²) in [5, 5.41) is 0. The van der Waals surface area contributed by atoms with Crippen LogP contribution in [0.4, 0.5) is 11.6 Å². The zero-order valence-corrected chi connectivity index (χ0v) is 14.2. The van der Waals surface area contributed by atoms with Gasteiger partial charge in [0.15, 0.2) is 0 Å². The Morgan fingerprint density at radius 1 is 0.840 bits per heavy atom. The molecule has 4 heterocycles. The summed E-state index contributed by atoms with van der Waals surface area (Å²) in [5.74, 6) is 1.82. The Morgan fingerprint density at radius 2 is 1.60 bits per heavy atom. The summed E-state index contributed by atoms with van der Waals surface area (Å²) in [4.78, 5) is 32.0. The maximum absolute atomic E-state index is 12.8. The van der Waals surface area contributed by atoms with Crippen LogP contribution < -0.4 is 9.80 Å². The van der Waals surface area contributed by atoms with E-state index < -0.39 is 0 Å². The van der Waals surface area contributed by atoms with E-state index in [1.807, 2.05) is 29.2 Å². The smallest absolute Gasteiger partial charge is 0.272 e. The lowest BCUT2D eigenvalue weighted by Gasteiger charge is -2.35. The van der Waals surface area contributed by atoms with Gasteiger partial charge in [-0.3, -0.25) is 4.79 Å². The first-order valence-electron chi connectivity index (χ1n) is 8.83. The van der Waals surface area contributed by atoms with E-state index in [-0.39, 0.29) is 5.91 Å². The van der Waals surface area contributed by atoms with Crippen LogP contribution in [-0.4, -0.2) is 65.0 Å². The van der Waals surface area contributed by atoms with Crippen molar-refractivity contribution in [2.45, 2.75) is 12.8 Å². The van der Waals surface area contributed by atoms with E-state index in [4.69, 9.17) is 0 Å². The van der Waals surface area contributed by atoms with Crippen LogP contribution >= 0.6 is 0 Å². The second-order valence-corrected chi connectivity index (χ2v) is 6.42. The summed E-state index contributed by atoms with van der Waals surface area (Å²) in [5.41, 5.74) is 0.489. The molecule has 0 spiro atoms. The van der Waals surface area contributed by atoms with E-state index in [2.05, 4.69) is 24.8 Å². The molecule has 2 saturated heterocycles. The Kier molecular flexibility index (Phi) is 4.45. The topological polar surface area (TPSA) is 65.5 Å². The van der Waals surface area contributed by atoms with Crippen molar-refractivity contribution in [1.29, 1.82) is 0 Å². The minimum Gasteiger partial charge on any atom is -0.357 e. The number of rotatable bonds is 3. The molecule has 130 valence electrons. The molecule has 2 aromatic rings. The van der Waals surface area contributed by atoms with Gasteiger partial charge in [-0.2, -0.15) is 0 Å². The molecule has 25 heavy (non-hydrogen) atoms. The van der Waals surface area contributed by atoms with Crippen LogP contribution in [0.3, 0.4) is 0 Å². The van der Waals surface area contributed by atoms with Crippen LogP contribution in [0.25, 0.3) is 0 Å². The van der Waals surface area contributed by atoms with Gasteiger partial charge in [0, 0.05) is 51.5 Å². The summed E-state index contributed by atoms with van der Waals surface area (Å²) < 4.78 is 0.